The van der Waals surface area contributed by atoms with Crippen LogP contribution >= 0.6 is 23.2 Å². The highest BCUT2D eigenvalue weighted by Crippen LogP contribution is 2.73. The fraction of sp³-hybridized carbons (Fsp3) is 0.346. The molecule has 0 spiro atoms. The molecule has 0 unspecified atom stereocenters. The van der Waals surface area contributed by atoms with E-state index in [0.717, 1.165) is 30.4 Å². The Labute approximate surface area is 200 Å². The first-order valence-electron chi connectivity index (χ1n) is 11.1. The number of rotatable bonds is 5. The molecule has 2 bridgehead atoms. The van der Waals surface area contributed by atoms with Crippen molar-refractivity contribution in [3.63, 3.8) is 0 Å². The molecule has 7 heteroatoms. The van der Waals surface area contributed by atoms with Crippen LogP contribution in [-0.2, 0) is 10.3 Å². The zero-order valence-electron chi connectivity index (χ0n) is 17.7. The Morgan fingerprint density at radius 2 is 1.91 bits per heavy atom. The molecule has 0 amide bonds. The predicted molar refractivity (Wildman–Crippen MR) is 124 cm³/mol. The molecule has 4 aliphatic rings. The fourth-order valence-corrected chi connectivity index (χ4v) is 6.34. The van der Waals surface area contributed by atoms with Crippen molar-refractivity contribution in [1.29, 1.82) is 0 Å². The van der Waals surface area contributed by atoms with Crippen LogP contribution in [0.5, 0.6) is 5.75 Å². The number of aliphatic hydroxyl groups is 1. The number of aliphatic hydroxyl groups excluding tert-OH is 1. The van der Waals surface area contributed by atoms with E-state index in [1.807, 2.05) is 18.3 Å². The number of carbonyl (C=O) groups is 1. The third-order valence-electron chi connectivity index (χ3n) is 7.55. The molecule has 2 aromatic carbocycles. The number of aromatic nitrogens is 1. The second-order valence-corrected chi connectivity index (χ2v) is 10.7. The van der Waals surface area contributed by atoms with Gasteiger partial charge in [-0.05, 0) is 72.2 Å². The minimum absolute atomic E-state index is 0.0164. The van der Waals surface area contributed by atoms with Crippen molar-refractivity contribution in [2.75, 3.05) is 0 Å². The van der Waals surface area contributed by atoms with Gasteiger partial charge in [0.1, 0.15) is 11.6 Å². The van der Waals surface area contributed by atoms with E-state index in [1.54, 1.807) is 24.3 Å². The molecule has 0 radical (unpaired) electrons. The Bertz CT molecular complexity index is 1270. The van der Waals surface area contributed by atoms with Gasteiger partial charge in [-0.15, -0.1) is 0 Å². The van der Waals surface area contributed by atoms with Gasteiger partial charge in [-0.3, -0.25) is 4.79 Å². The molecule has 3 aromatic rings. The monoisotopic (exact) mass is 485 g/mol. The minimum atomic E-state index is -0.753. The number of halogens is 3. The first-order chi connectivity index (χ1) is 15.8. The lowest BCUT2D eigenvalue weighted by molar-refractivity contribution is -0.195. The van der Waals surface area contributed by atoms with Crippen molar-refractivity contribution < 1.29 is 19.0 Å². The summed E-state index contributed by atoms with van der Waals surface area (Å²) >= 11 is 11.8. The molecular weight excluding hydrogens is 464 g/mol. The lowest BCUT2D eigenvalue weighted by Crippen LogP contribution is -2.68. The predicted octanol–water partition coefficient (Wildman–Crippen LogP) is 6.32. The molecule has 3 saturated carbocycles. The molecule has 1 aliphatic heterocycles. The molecule has 1 aromatic heterocycles. The lowest BCUT2D eigenvalue weighted by atomic mass is 9.38. The molecule has 2 atom stereocenters. The van der Waals surface area contributed by atoms with Crippen LogP contribution < -0.4 is 4.74 Å². The van der Waals surface area contributed by atoms with E-state index in [2.05, 4.69) is 10.8 Å². The van der Waals surface area contributed by atoms with Gasteiger partial charge in [-0.1, -0.05) is 29.3 Å². The summed E-state index contributed by atoms with van der Waals surface area (Å²) in [5, 5.41) is 11.1. The molecule has 7 rings (SSSR count). The molecule has 2 heterocycles. The number of hydrogen-bond donors (Lipinski definition) is 1. The highest BCUT2D eigenvalue weighted by molar-refractivity contribution is 6.31. The van der Waals surface area contributed by atoms with E-state index in [4.69, 9.17) is 27.9 Å². The third kappa shape index (κ3) is 3.40. The number of ketones is 1. The number of carbonyl (C=O) groups excluding carboxylic acids is 1. The second kappa shape index (κ2) is 7.33. The van der Waals surface area contributed by atoms with E-state index in [1.165, 1.54) is 6.07 Å². The van der Waals surface area contributed by atoms with Crippen LogP contribution in [0.15, 0.2) is 54.9 Å². The second-order valence-electron chi connectivity index (χ2n) is 9.87. The number of fused-ring (bicyclic) bond motifs is 1. The van der Waals surface area contributed by atoms with E-state index >= 15 is 0 Å². The van der Waals surface area contributed by atoms with Crippen molar-refractivity contribution in [1.82, 2.24) is 4.57 Å². The quantitative estimate of drug-likeness (QED) is 0.459. The summed E-state index contributed by atoms with van der Waals surface area (Å²) in [5.41, 5.74) is 2.44. The molecule has 0 saturated heterocycles. The Kier molecular flexibility index (Phi) is 4.71. The lowest BCUT2D eigenvalue weighted by Gasteiger charge is -2.71. The summed E-state index contributed by atoms with van der Waals surface area (Å²) in [6.07, 6.45) is 6.25. The van der Waals surface area contributed by atoms with Gasteiger partial charge < -0.3 is 14.4 Å². The Morgan fingerprint density at radius 3 is 2.67 bits per heavy atom. The highest BCUT2D eigenvalue weighted by atomic mass is 35.5. The third-order valence-corrected chi connectivity index (χ3v) is 8.09. The first kappa shape index (κ1) is 21.2. The summed E-state index contributed by atoms with van der Waals surface area (Å²) < 4.78 is 22.0. The molecule has 4 nitrogen and oxygen atoms in total. The maximum Gasteiger partial charge on any atom is 0.173 e. The zero-order chi connectivity index (χ0) is 23.0. The van der Waals surface area contributed by atoms with Crippen molar-refractivity contribution >= 4 is 29.0 Å². The van der Waals surface area contributed by atoms with Crippen LogP contribution in [-0.4, -0.2) is 21.6 Å². The maximum atomic E-state index is 13.8. The van der Waals surface area contributed by atoms with Crippen LogP contribution in [0.1, 0.15) is 43.8 Å². The Balaban J connectivity index is 1.11. The summed E-state index contributed by atoms with van der Waals surface area (Å²) in [6.45, 7) is 0. The van der Waals surface area contributed by atoms with Gasteiger partial charge in [0.25, 0.3) is 0 Å². The van der Waals surface area contributed by atoms with Gasteiger partial charge in [0.2, 0.25) is 0 Å². The van der Waals surface area contributed by atoms with Gasteiger partial charge in [0.15, 0.2) is 11.9 Å². The van der Waals surface area contributed by atoms with Gasteiger partial charge in [-0.2, -0.15) is 0 Å². The standard InChI is InChI=1S/C26H22Cl2FNO3/c27-17-2-4-23-18(8-17)21(31)9-24(33-23)22(32)10-25-12-26(13-25,14-25)30-6-5-16(11-30)15-1-3-19(28)20(29)7-15/h1-8,11,21,24,31H,9-10,12-14H2/t21-,24+,25?,26?/m1/s1. The molecule has 1 N–H and O–H groups in total. The van der Waals surface area contributed by atoms with Crippen molar-refractivity contribution in [3.05, 3.63) is 76.3 Å². The smallest absolute Gasteiger partial charge is 0.173 e. The molecule has 33 heavy (non-hydrogen) atoms. The summed E-state index contributed by atoms with van der Waals surface area (Å²) in [6, 6.07) is 11.9. The number of ether oxygens (including phenoxy) is 1. The average Bonchev–Trinajstić information content (AvgIpc) is 3.21. The SMILES string of the molecule is O=C(CC12CC(n3ccc(-c4ccc(Cl)c(F)c4)c3)(C1)C2)[C@@H]1C[C@@H](O)c2cc(Cl)ccc2O1. The topological polar surface area (TPSA) is 51.5 Å². The number of benzene rings is 2. The van der Waals surface area contributed by atoms with Crippen molar-refractivity contribution in [3.8, 4) is 16.9 Å². The number of nitrogens with zero attached hydrogens (tertiary/aromatic N) is 1. The zero-order valence-corrected chi connectivity index (χ0v) is 19.2. The first-order valence-corrected chi connectivity index (χ1v) is 11.8. The van der Waals surface area contributed by atoms with Crippen LogP contribution in [0.4, 0.5) is 4.39 Å². The van der Waals surface area contributed by atoms with Gasteiger partial charge in [0.05, 0.1) is 11.1 Å². The largest absolute Gasteiger partial charge is 0.482 e. The van der Waals surface area contributed by atoms with E-state index in [-0.39, 0.29) is 28.2 Å². The van der Waals surface area contributed by atoms with E-state index in [9.17, 15) is 14.3 Å². The maximum absolute atomic E-state index is 13.8. The van der Waals surface area contributed by atoms with Gasteiger partial charge in [0, 0.05) is 41.4 Å². The Morgan fingerprint density at radius 1 is 1.12 bits per heavy atom. The number of hydrogen-bond acceptors (Lipinski definition) is 3. The minimum Gasteiger partial charge on any atom is -0.482 e. The fourth-order valence-electron chi connectivity index (χ4n) is 6.04. The van der Waals surface area contributed by atoms with E-state index in [0.29, 0.717) is 22.8 Å². The molecule has 170 valence electrons. The summed E-state index contributed by atoms with van der Waals surface area (Å²) in [7, 11) is 0. The van der Waals surface area contributed by atoms with Crippen molar-refractivity contribution in [2.24, 2.45) is 5.41 Å². The summed E-state index contributed by atoms with van der Waals surface area (Å²) in [5.74, 6) is 0.155. The summed E-state index contributed by atoms with van der Waals surface area (Å²) in [4.78, 5) is 13.0. The highest BCUT2D eigenvalue weighted by Gasteiger charge is 2.69. The van der Waals surface area contributed by atoms with Crippen LogP contribution in [0.3, 0.4) is 0 Å². The molecule has 3 aliphatic carbocycles. The van der Waals surface area contributed by atoms with Crippen LogP contribution in [0.2, 0.25) is 10.0 Å². The van der Waals surface area contributed by atoms with Crippen molar-refractivity contribution in [2.45, 2.75) is 49.9 Å². The normalized spacial score (nSPS) is 29.5. The van der Waals surface area contributed by atoms with E-state index < -0.39 is 18.0 Å². The van der Waals surface area contributed by atoms with Gasteiger partial charge in [-0.25, -0.2) is 4.39 Å². The molecule has 3 fully saturated rings. The van der Waals surface area contributed by atoms with Crippen LogP contribution in [0.25, 0.3) is 11.1 Å². The van der Waals surface area contributed by atoms with Crippen LogP contribution in [0, 0.1) is 11.2 Å². The molecular formula is C26H22Cl2FNO3. The number of Topliss-reactive ketones (excluding diaryl/α,β-unsaturated/α-hetero) is 1. The average molecular weight is 486 g/mol. The Hall–Kier alpha value is -2.34. The van der Waals surface area contributed by atoms with Gasteiger partial charge >= 0.3 is 0 Å².